The predicted octanol–water partition coefficient (Wildman–Crippen LogP) is 7.15. The average Bonchev–Trinajstić information content (AvgIpc) is 2.85. The van der Waals surface area contributed by atoms with Gasteiger partial charge in [-0.3, -0.25) is 0 Å². The van der Waals surface area contributed by atoms with Crippen molar-refractivity contribution >= 4 is 0 Å². The standard InChI is InChI=1S/C26H24F6O4/c1-33-17-36-23(20-12-21(25(27,28)29)14-22(13-20)26(30,31)32)24(34-15-18-8-4-2-5-9-18)35-16-19-10-6-3-7-11-19/h2-14,23-24H,15-17H2,1H3/t23-/m0/s1. The Kier molecular flexibility index (Phi) is 9.49. The minimum absolute atomic E-state index is 0.0295. The van der Waals surface area contributed by atoms with E-state index in [-0.39, 0.29) is 19.3 Å². The Morgan fingerprint density at radius 3 is 1.47 bits per heavy atom. The van der Waals surface area contributed by atoms with Gasteiger partial charge in [-0.1, -0.05) is 60.7 Å². The lowest BCUT2D eigenvalue weighted by atomic mass is 10.0. The molecule has 0 radical (unpaired) electrons. The van der Waals surface area contributed by atoms with E-state index in [9.17, 15) is 26.3 Å². The quantitative estimate of drug-likeness (QED) is 0.201. The molecule has 0 fully saturated rings. The van der Waals surface area contributed by atoms with Crippen LogP contribution in [-0.2, 0) is 44.5 Å². The van der Waals surface area contributed by atoms with Gasteiger partial charge in [0.1, 0.15) is 12.9 Å². The van der Waals surface area contributed by atoms with E-state index in [0.717, 1.165) is 11.1 Å². The fourth-order valence-electron chi connectivity index (χ4n) is 3.34. The summed E-state index contributed by atoms with van der Waals surface area (Å²) in [7, 11) is 1.27. The van der Waals surface area contributed by atoms with E-state index in [0.29, 0.717) is 12.1 Å². The van der Waals surface area contributed by atoms with Crippen LogP contribution in [0.25, 0.3) is 0 Å². The second kappa shape index (κ2) is 12.4. The second-order valence-corrected chi connectivity index (χ2v) is 7.79. The van der Waals surface area contributed by atoms with Crippen LogP contribution in [0.2, 0.25) is 0 Å². The maximum Gasteiger partial charge on any atom is 0.416 e. The molecule has 0 unspecified atom stereocenters. The van der Waals surface area contributed by atoms with Crippen LogP contribution in [0.1, 0.15) is 33.9 Å². The molecule has 0 heterocycles. The molecule has 0 aliphatic heterocycles. The van der Waals surface area contributed by atoms with Gasteiger partial charge in [-0.2, -0.15) is 26.3 Å². The molecule has 0 aliphatic carbocycles. The number of rotatable bonds is 11. The zero-order valence-electron chi connectivity index (χ0n) is 19.2. The van der Waals surface area contributed by atoms with Crippen LogP contribution >= 0.6 is 0 Å². The van der Waals surface area contributed by atoms with Crippen molar-refractivity contribution < 1.29 is 45.3 Å². The van der Waals surface area contributed by atoms with Gasteiger partial charge in [0.15, 0.2) is 6.29 Å². The molecule has 194 valence electrons. The van der Waals surface area contributed by atoms with Crippen LogP contribution < -0.4 is 0 Å². The number of halogens is 6. The van der Waals surface area contributed by atoms with E-state index in [1.54, 1.807) is 60.7 Å². The summed E-state index contributed by atoms with van der Waals surface area (Å²) in [6.45, 7) is -0.487. The number of alkyl halides is 6. The second-order valence-electron chi connectivity index (χ2n) is 7.79. The Balaban J connectivity index is 2.01. The van der Waals surface area contributed by atoms with E-state index >= 15 is 0 Å². The highest BCUT2D eigenvalue weighted by molar-refractivity contribution is 5.35. The van der Waals surface area contributed by atoms with Gasteiger partial charge in [-0.05, 0) is 34.9 Å². The summed E-state index contributed by atoms with van der Waals surface area (Å²) >= 11 is 0. The Hall–Kier alpha value is -2.92. The lowest BCUT2D eigenvalue weighted by Crippen LogP contribution is -2.29. The van der Waals surface area contributed by atoms with E-state index in [4.69, 9.17) is 18.9 Å². The lowest BCUT2D eigenvalue weighted by molar-refractivity contribution is -0.237. The molecule has 0 aromatic heterocycles. The minimum atomic E-state index is -5.02. The molecule has 0 saturated carbocycles. The number of benzene rings is 3. The smallest absolute Gasteiger partial charge is 0.359 e. The summed E-state index contributed by atoms with van der Waals surface area (Å²) in [6, 6.07) is 18.9. The van der Waals surface area contributed by atoms with Gasteiger partial charge < -0.3 is 18.9 Å². The Morgan fingerprint density at radius 2 is 1.08 bits per heavy atom. The van der Waals surface area contributed by atoms with Crippen LogP contribution in [0.3, 0.4) is 0 Å². The van der Waals surface area contributed by atoms with Crippen molar-refractivity contribution in [3.05, 3.63) is 107 Å². The van der Waals surface area contributed by atoms with Crippen LogP contribution in [0.15, 0.2) is 78.9 Å². The van der Waals surface area contributed by atoms with Gasteiger partial charge >= 0.3 is 12.4 Å². The van der Waals surface area contributed by atoms with Gasteiger partial charge in [-0.15, -0.1) is 0 Å². The Morgan fingerprint density at radius 1 is 0.639 bits per heavy atom. The van der Waals surface area contributed by atoms with Crippen molar-refractivity contribution in [3.8, 4) is 0 Å². The molecule has 0 saturated heterocycles. The van der Waals surface area contributed by atoms with E-state index in [1.807, 2.05) is 0 Å². The third-order valence-electron chi connectivity index (χ3n) is 5.07. The molecule has 1 atom stereocenters. The van der Waals surface area contributed by atoms with E-state index < -0.39 is 48.2 Å². The number of hydrogen-bond donors (Lipinski definition) is 0. The first-order valence-corrected chi connectivity index (χ1v) is 10.8. The van der Waals surface area contributed by atoms with Gasteiger partial charge in [0.05, 0.1) is 24.3 Å². The van der Waals surface area contributed by atoms with Crippen LogP contribution in [0.4, 0.5) is 26.3 Å². The highest BCUT2D eigenvalue weighted by Gasteiger charge is 2.39. The molecule has 0 N–H and O–H groups in total. The van der Waals surface area contributed by atoms with Crippen LogP contribution in [0.5, 0.6) is 0 Å². The third kappa shape index (κ3) is 8.06. The molecule has 3 aromatic rings. The molecule has 0 bridgehead atoms. The van der Waals surface area contributed by atoms with Gasteiger partial charge in [0.25, 0.3) is 0 Å². The molecule has 0 amide bonds. The Labute approximate surface area is 204 Å². The predicted molar refractivity (Wildman–Crippen MR) is 118 cm³/mol. The van der Waals surface area contributed by atoms with Crippen molar-refractivity contribution in [2.24, 2.45) is 0 Å². The van der Waals surface area contributed by atoms with Crippen molar-refractivity contribution in [2.75, 3.05) is 13.9 Å². The summed E-state index contributed by atoms with van der Waals surface area (Å²) < 4.78 is 103. The molecule has 10 heteroatoms. The zero-order chi connectivity index (χ0) is 26.2. The molecule has 0 spiro atoms. The molecule has 0 aliphatic rings. The summed E-state index contributed by atoms with van der Waals surface area (Å²) in [5, 5.41) is 0. The van der Waals surface area contributed by atoms with Gasteiger partial charge in [0.2, 0.25) is 0 Å². The number of hydrogen-bond acceptors (Lipinski definition) is 4. The first kappa shape index (κ1) is 27.7. The fourth-order valence-corrected chi connectivity index (χ4v) is 3.34. The molecule has 3 rings (SSSR count). The first-order chi connectivity index (χ1) is 17.1. The van der Waals surface area contributed by atoms with Crippen molar-refractivity contribution in [2.45, 2.75) is 38.0 Å². The largest absolute Gasteiger partial charge is 0.416 e. The number of methoxy groups -OCH3 is 1. The highest BCUT2D eigenvalue weighted by atomic mass is 19.4. The van der Waals surface area contributed by atoms with E-state index in [2.05, 4.69) is 0 Å². The van der Waals surface area contributed by atoms with Gasteiger partial charge in [0, 0.05) is 7.11 Å². The first-order valence-electron chi connectivity index (χ1n) is 10.8. The van der Waals surface area contributed by atoms with E-state index in [1.165, 1.54) is 7.11 Å². The Bertz CT molecular complexity index is 996. The van der Waals surface area contributed by atoms with Crippen molar-refractivity contribution in [3.63, 3.8) is 0 Å². The maximum absolute atomic E-state index is 13.5. The van der Waals surface area contributed by atoms with Gasteiger partial charge in [-0.25, -0.2) is 0 Å². The lowest BCUT2D eigenvalue weighted by Gasteiger charge is -2.29. The van der Waals surface area contributed by atoms with Crippen molar-refractivity contribution in [1.29, 1.82) is 0 Å². The average molecular weight is 514 g/mol. The summed E-state index contributed by atoms with van der Waals surface area (Å²) in [5.74, 6) is 0. The van der Waals surface area contributed by atoms with Crippen LogP contribution in [0, 0.1) is 0 Å². The SMILES string of the molecule is COCO[C@@H](c1cc(C(F)(F)F)cc(C(F)(F)F)c1)C(OCc1ccccc1)OCc1ccccc1. The molecule has 4 nitrogen and oxygen atoms in total. The minimum Gasteiger partial charge on any atom is -0.359 e. The normalized spacial score (nSPS) is 13.2. The third-order valence-corrected chi connectivity index (χ3v) is 5.07. The summed E-state index contributed by atoms with van der Waals surface area (Å²) in [6.07, 6.45) is -12.9. The monoisotopic (exact) mass is 514 g/mol. The summed E-state index contributed by atoms with van der Waals surface area (Å²) in [4.78, 5) is 0. The molecule has 3 aromatic carbocycles. The fraction of sp³-hybridized carbons (Fsp3) is 0.308. The maximum atomic E-state index is 13.5. The highest BCUT2D eigenvalue weighted by Crippen LogP contribution is 2.39. The summed E-state index contributed by atoms with van der Waals surface area (Å²) in [5.41, 5.74) is -1.92. The van der Waals surface area contributed by atoms with Crippen molar-refractivity contribution in [1.82, 2.24) is 0 Å². The zero-order valence-corrected chi connectivity index (χ0v) is 19.2. The molecular weight excluding hydrogens is 490 g/mol. The molecule has 36 heavy (non-hydrogen) atoms. The number of ether oxygens (including phenoxy) is 4. The topological polar surface area (TPSA) is 36.9 Å². The van der Waals surface area contributed by atoms with Crippen LogP contribution in [-0.4, -0.2) is 20.2 Å². The molecular formula is C26H24F6O4.